The van der Waals surface area contributed by atoms with Gasteiger partial charge in [0.05, 0.1) is 11.3 Å². The molecule has 0 fully saturated rings. The Balaban J connectivity index is 2.12. The highest BCUT2D eigenvalue weighted by Crippen LogP contribution is 2.19. The normalized spacial score (nSPS) is 11.0. The second-order valence-corrected chi connectivity index (χ2v) is 6.61. The fraction of sp³-hybridized carbons (Fsp3) is 0.500. The second kappa shape index (κ2) is 6.35. The minimum atomic E-state index is -0.716. The number of carbonyl (C=O) groups excluding carboxylic acids is 2. The van der Waals surface area contributed by atoms with E-state index in [4.69, 9.17) is 0 Å². The Labute approximate surface area is 132 Å². The van der Waals surface area contributed by atoms with Crippen molar-refractivity contribution in [2.75, 3.05) is 5.32 Å². The van der Waals surface area contributed by atoms with Gasteiger partial charge in [-0.25, -0.2) is 0 Å². The molecule has 2 heterocycles. The highest BCUT2D eigenvalue weighted by molar-refractivity contribution is 7.15. The molecule has 8 heteroatoms. The van der Waals surface area contributed by atoms with Gasteiger partial charge in [-0.2, -0.15) is 5.10 Å². The predicted octanol–water partition coefficient (Wildman–Crippen LogP) is 1.91. The molecule has 0 spiro atoms. The van der Waals surface area contributed by atoms with Crippen LogP contribution in [0.2, 0.25) is 0 Å². The average molecular weight is 321 g/mol. The maximum atomic E-state index is 12.3. The molecule has 0 aromatic carbocycles. The molecule has 7 nitrogen and oxygen atoms in total. The van der Waals surface area contributed by atoms with Crippen molar-refractivity contribution in [2.24, 2.45) is 13.0 Å². The number of carbonyl (C=O) groups is 2. The minimum Gasteiger partial charge on any atom is -0.294 e. The van der Waals surface area contributed by atoms with Gasteiger partial charge < -0.3 is 0 Å². The molecular weight excluding hydrogens is 302 g/mol. The fourth-order valence-corrected chi connectivity index (χ4v) is 3.05. The van der Waals surface area contributed by atoms with E-state index in [0.717, 1.165) is 11.4 Å². The van der Waals surface area contributed by atoms with Gasteiger partial charge in [-0.15, -0.1) is 10.2 Å². The summed E-state index contributed by atoms with van der Waals surface area (Å²) < 4.78 is 1.58. The third-order valence-corrected chi connectivity index (χ3v) is 4.07. The summed E-state index contributed by atoms with van der Waals surface area (Å²) in [5, 5.41) is 15.8. The van der Waals surface area contributed by atoms with Crippen molar-refractivity contribution in [2.45, 2.75) is 34.1 Å². The largest absolute Gasteiger partial charge is 0.298 e. The Hall–Kier alpha value is -2.09. The predicted molar refractivity (Wildman–Crippen MR) is 84.1 cm³/mol. The van der Waals surface area contributed by atoms with Crippen LogP contribution in [0.3, 0.4) is 0 Å². The zero-order valence-electron chi connectivity index (χ0n) is 13.3. The van der Waals surface area contributed by atoms with Gasteiger partial charge in [-0.1, -0.05) is 25.2 Å². The number of hydrogen-bond acceptors (Lipinski definition) is 6. The Kier molecular flexibility index (Phi) is 4.70. The summed E-state index contributed by atoms with van der Waals surface area (Å²) >= 11 is 1.29. The van der Waals surface area contributed by atoms with E-state index in [9.17, 15) is 9.59 Å². The second-order valence-electron chi connectivity index (χ2n) is 5.55. The molecule has 0 atom stereocenters. The maximum absolute atomic E-state index is 12.3. The van der Waals surface area contributed by atoms with Crippen molar-refractivity contribution in [1.82, 2.24) is 20.0 Å². The van der Waals surface area contributed by atoms with Crippen LogP contribution in [0.5, 0.6) is 0 Å². The molecular formula is C14H19N5O2S. The first kappa shape index (κ1) is 16.3. The van der Waals surface area contributed by atoms with Crippen molar-refractivity contribution in [3.05, 3.63) is 22.0 Å². The Morgan fingerprint density at radius 2 is 1.95 bits per heavy atom. The highest BCUT2D eigenvalue weighted by Gasteiger charge is 2.24. The van der Waals surface area contributed by atoms with E-state index >= 15 is 0 Å². The van der Waals surface area contributed by atoms with Gasteiger partial charge in [0.15, 0.2) is 0 Å². The molecule has 0 aliphatic heterocycles. The number of Topliss-reactive ketones (excluding diaryl/α,β-unsaturated/α-hetero) is 1. The van der Waals surface area contributed by atoms with Crippen LogP contribution in [0.4, 0.5) is 5.13 Å². The molecule has 0 aliphatic carbocycles. The number of hydrogen-bond donors (Lipinski definition) is 1. The smallest absolute Gasteiger partial charge is 0.294 e. The number of ketones is 1. The molecule has 1 N–H and O–H groups in total. The van der Waals surface area contributed by atoms with E-state index in [1.807, 2.05) is 0 Å². The van der Waals surface area contributed by atoms with Gasteiger partial charge in [0.1, 0.15) is 5.01 Å². The zero-order valence-corrected chi connectivity index (χ0v) is 14.1. The standard InChI is InChI=1S/C14H19N5O2S/c1-7(2)6-10-16-17-14(22-10)15-13(21)12(20)11-8(3)18-19(5)9(11)4/h7H,6H2,1-5H3,(H,15,17,21). The molecule has 0 saturated carbocycles. The fourth-order valence-electron chi connectivity index (χ4n) is 2.11. The zero-order chi connectivity index (χ0) is 16.4. The van der Waals surface area contributed by atoms with Crippen LogP contribution >= 0.6 is 11.3 Å². The molecule has 0 radical (unpaired) electrons. The lowest BCUT2D eigenvalue weighted by Crippen LogP contribution is -2.24. The maximum Gasteiger partial charge on any atom is 0.298 e. The highest BCUT2D eigenvalue weighted by atomic mass is 32.1. The molecule has 1 amide bonds. The summed E-state index contributed by atoms with van der Waals surface area (Å²) in [7, 11) is 1.74. The van der Waals surface area contributed by atoms with Crippen molar-refractivity contribution >= 4 is 28.2 Å². The summed E-state index contributed by atoms with van der Waals surface area (Å²) in [6.45, 7) is 7.62. The van der Waals surface area contributed by atoms with Crippen LogP contribution in [0.25, 0.3) is 0 Å². The van der Waals surface area contributed by atoms with E-state index < -0.39 is 11.7 Å². The quantitative estimate of drug-likeness (QED) is 0.671. The number of nitrogens with one attached hydrogen (secondary N) is 1. The molecule has 2 rings (SSSR count). The van der Waals surface area contributed by atoms with E-state index in [2.05, 4.69) is 34.5 Å². The lowest BCUT2D eigenvalue weighted by atomic mass is 10.1. The van der Waals surface area contributed by atoms with Crippen LogP contribution < -0.4 is 5.32 Å². The molecule has 0 aliphatic rings. The van der Waals surface area contributed by atoms with Gasteiger partial charge in [0, 0.05) is 19.2 Å². The topological polar surface area (TPSA) is 89.8 Å². The molecule has 0 bridgehead atoms. The summed E-state index contributed by atoms with van der Waals surface area (Å²) in [4.78, 5) is 24.4. The minimum absolute atomic E-state index is 0.340. The van der Waals surface area contributed by atoms with Crippen LogP contribution in [-0.4, -0.2) is 31.7 Å². The average Bonchev–Trinajstić information content (AvgIpc) is 2.94. The van der Waals surface area contributed by atoms with E-state index in [1.165, 1.54) is 11.3 Å². The summed E-state index contributed by atoms with van der Waals surface area (Å²) in [5.74, 6) is -0.867. The van der Waals surface area contributed by atoms with Crippen molar-refractivity contribution in [3.63, 3.8) is 0 Å². The number of aryl methyl sites for hydroxylation is 2. The van der Waals surface area contributed by atoms with Gasteiger partial charge >= 0.3 is 0 Å². The molecule has 22 heavy (non-hydrogen) atoms. The van der Waals surface area contributed by atoms with E-state index in [1.54, 1.807) is 25.6 Å². The number of amides is 1. The monoisotopic (exact) mass is 321 g/mol. The van der Waals surface area contributed by atoms with Gasteiger partial charge in [0.2, 0.25) is 5.13 Å². The van der Waals surface area contributed by atoms with E-state index in [-0.39, 0.29) is 0 Å². The Morgan fingerprint density at radius 3 is 2.50 bits per heavy atom. The first-order chi connectivity index (χ1) is 10.3. The molecule has 2 aromatic heterocycles. The van der Waals surface area contributed by atoms with Crippen molar-refractivity contribution < 1.29 is 9.59 Å². The number of aromatic nitrogens is 4. The van der Waals surface area contributed by atoms with Crippen LogP contribution in [0, 0.1) is 19.8 Å². The first-order valence-corrected chi connectivity index (χ1v) is 7.79. The van der Waals surface area contributed by atoms with Crippen LogP contribution in [0.15, 0.2) is 0 Å². The van der Waals surface area contributed by atoms with Gasteiger partial charge in [0.25, 0.3) is 11.7 Å². The summed E-state index contributed by atoms with van der Waals surface area (Å²) in [5.41, 5.74) is 1.54. The number of rotatable bonds is 5. The van der Waals surface area contributed by atoms with E-state index in [0.29, 0.717) is 28.0 Å². The van der Waals surface area contributed by atoms with Crippen LogP contribution in [0.1, 0.15) is 40.6 Å². The lowest BCUT2D eigenvalue weighted by Gasteiger charge is -2.01. The first-order valence-electron chi connectivity index (χ1n) is 6.97. The molecule has 2 aromatic rings. The van der Waals surface area contributed by atoms with Gasteiger partial charge in [-0.3, -0.25) is 19.6 Å². The molecule has 0 unspecified atom stereocenters. The Bertz CT molecular complexity index is 717. The molecule has 0 saturated heterocycles. The SMILES string of the molecule is Cc1nn(C)c(C)c1C(=O)C(=O)Nc1nnc(CC(C)C)s1. The molecule has 118 valence electrons. The number of anilines is 1. The summed E-state index contributed by atoms with van der Waals surface area (Å²) in [6.07, 6.45) is 0.794. The van der Waals surface area contributed by atoms with Crippen molar-refractivity contribution in [1.29, 1.82) is 0 Å². The third kappa shape index (κ3) is 3.38. The van der Waals surface area contributed by atoms with Crippen LogP contribution in [-0.2, 0) is 18.3 Å². The lowest BCUT2D eigenvalue weighted by molar-refractivity contribution is -0.112. The van der Waals surface area contributed by atoms with Gasteiger partial charge in [-0.05, 0) is 19.8 Å². The number of nitrogens with zero attached hydrogens (tertiary/aromatic N) is 4. The van der Waals surface area contributed by atoms with Crippen molar-refractivity contribution in [3.8, 4) is 0 Å². The Morgan fingerprint density at radius 1 is 1.27 bits per heavy atom. The third-order valence-electron chi connectivity index (χ3n) is 3.21. The summed E-state index contributed by atoms with van der Waals surface area (Å²) in [6, 6.07) is 0.